The van der Waals surface area contributed by atoms with Crippen LogP contribution in [0.15, 0.2) is 36.9 Å². The molecule has 0 aliphatic rings. The van der Waals surface area contributed by atoms with Gasteiger partial charge in [-0.25, -0.2) is 9.97 Å². The molecule has 0 saturated heterocycles. The smallest absolute Gasteiger partial charge is 0.231 e. The van der Waals surface area contributed by atoms with Crippen LogP contribution in [-0.4, -0.2) is 15.0 Å². The number of fused-ring (bicyclic) bond motifs is 1. The third-order valence-corrected chi connectivity index (χ3v) is 3.73. The van der Waals surface area contributed by atoms with Gasteiger partial charge in [-0.05, 0) is 24.6 Å². The molecule has 0 amide bonds. The Bertz CT molecular complexity index is 666. The van der Waals surface area contributed by atoms with Crippen LogP contribution in [0.3, 0.4) is 0 Å². The van der Waals surface area contributed by atoms with E-state index in [1.54, 1.807) is 23.7 Å². The van der Waals surface area contributed by atoms with Gasteiger partial charge in [-0.15, -0.1) is 11.3 Å². The van der Waals surface area contributed by atoms with E-state index in [9.17, 15) is 0 Å². The minimum absolute atomic E-state index is 0.587. The molecule has 0 aliphatic carbocycles. The lowest BCUT2D eigenvalue weighted by Crippen LogP contribution is -1.89. The van der Waals surface area contributed by atoms with E-state index in [-0.39, 0.29) is 0 Å². The summed E-state index contributed by atoms with van der Waals surface area (Å²) in [6.45, 7) is 2.12. The maximum Gasteiger partial charge on any atom is 0.231 e. The maximum atomic E-state index is 5.74. The number of aryl methyl sites for hydroxylation is 1. The zero-order valence-electron chi connectivity index (χ0n) is 9.83. The number of hydrogen-bond acceptors (Lipinski definition) is 5. The Morgan fingerprint density at radius 2 is 2.28 bits per heavy atom. The first-order chi connectivity index (χ1) is 8.86. The SMILES string of the molecule is CCc1cc2c(Oc3cccnc3)ncnc2s1. The van der Waals surface area contributed by atoms with E-state index < -0.39 is 0 Å². The van der Waals surface area contributed by atoms with Gasteiger partial charge in [0.25, 0.3) is 0 Å². The van der Waals surface area contributed by atoms with E-state index >= 15 is 0 Å². The fourth-order valence-corrected chi connectivity index (χ4v) is 2.58. The van der Waals surface area contributed by atoms with Crippen LogP contribution in [0.5, 0.6) is 11.6 Å². The standard InChI is InChI=1S/C13H11N3OS/c1-2-10-6-11-12(15-8-16-13(11)18-10)17-9-4-3-5-14-7-9/h3-8H,2H2,1H3. The van der Waals surface area contributed by atoms with Gasteiger partial charge in [0.2, 0.25) is 5.88 Å². The summed E-state index contributed by atoms with van der Waals surface area (Å²) >= 11 is 1.68. The van der Waals surface area contributed by atoms with Crippen molar-refractivity contribution in [2.24, 2.45) is 0 Å². The Morgan fingerprint density at radius 3 is 3.06 bits per heavy atom. The molecule has 5 heteroatoms. The highest BCUT2D eigenvalue weighted by molar-refractivity contribution is 7.18. The van der Waals surface area contributed by atoms with Crippen LogP contribution in [0, 0.1) is 0 Å². The van der Waals surface area contributed by atoms with E-state index in [4.69, 9.17) is 4.74 Å². The lowest BCUT2D eigenvalue weighted by molar-refractivity contribution is 0.466. The minimum atomic E-state index is 0.587. The topological polar surface area (TPSA) is 47.9 Å². The number of ether oxygens (including phenoxy) is 1. The lowest BCUT2D eigenvalue weighted by atomic mass is 10.3. The van der Waals surface area contributed by atoms with Crippen molar-refractivity contribution in [1.29, 1.82) is 0 Å². The van der Waals surface area contributed by atoms with Gasteiger partial charge in [0.1, 0.15) is 16.9 Å². The molecular formula is C13H11N3OS. The van der Waals surface area contributed by atoms with Gasteiger partial charge in [-0.2, -0.15) is 0 Å². The fourth-order valence-electron chi connectivity index (χ4n) is 1.66. The van der Waals surface area contributed by atoms with Gasteiger partial charge in [-0.1, -0.05) is 6.92 Å². The number of rotatable bonds is 3. The predicted molar refractivity (Wildman–Crippen MR) is 71.1 cm³/mol. The van der Waals surface area contributed by atoms with Crippen molar-refractivity contribution in [3.63, 3.8) is 0 Å². The zero-order valence-corrected chi connectivity index (χ0v) is 10.6. The molecule has 3 heterocycles. The first kappa shape index (κ1) is 11.1. The normalized spacial score (nSPS) is 10.7. The second kappa shape index (κ2) is 4.70. The first-order valence-electron chi connectivity index (χ1n) is 5.68. The lowest BCUT2D eigenvalue weighted by Gasteiger charge is -2.03. The average Bonchev–Trinajstić information content (AvgIpc) is 2.84. The molecule has 3 rings (SSSR count). The van der Waals surface area contributed by atoms with Crippen molar-refractivity contribution >= 4 is 21.6 Å². The Balaban J connectivity index is 2.03. The van der Waals surface area contributed by atoms with Crippen molar-refractivity contribution in [3.05, 3.63) is 41.8 Å². The molecule has 0 spiro atoms. The Morgan fingerprint density at radius 1 is 1.33 bits per heavy atom. The number of pyridine rings is 1. The average molecular weight is 257 g/mol. The second-order valence-electron chi connectivity index (χ2n) is 3.75. The van der Waals surface area contributed by atoms with Crippen molar-refractivity contribution in [2.75, 3.05) is 0 Å². The van der Waals surface area contributed by atoms with Crippen LogP contribution in [-0.2, 0) is 6.42 Å². The van der Waals surface area contributed by atoms with E-state index in [1.165, 1.54) is 11.2 Å². The zero-order chi connectivity index (χ0) is 12.4. The largest absolute Gasteiger partial charge is 0.437 e. The van der Waals surface area contributed by atoms with E-state index in [0.717, 1.165) is 16.6 Å². The highest BCUT2D eigenvalue weighted by Crippen LogP contribution is 2.31. The van der Waals surface area contributed by atoms with Crippen LogP contribution in [0.1, 0.15) is 11.8 Å². The van der Waals surface area contributed by atoms with Crippen molar-refractivity contribution in [1.82, 2.24) is 15.0 Å². The van der Waals surface area contributed by atoms with Crippen molar-refractivity contribution in [2.45, 2.75) is 13.3 Å². The molecule has 0 radical (unpaired) electrons. The summed E-state index contributed by atoms with van der Waals surface area (Å²) in [6, 6.07) is 5.78. The van der Waals surface area contributed by atoms with Crippen LogP contribution in [0.4, 0.5) is 0 Å². The molecule has 3 aromatic rings. The van der Waals surface area contributed by atoms with Crippen LogP contribution < -0.4 is 4.74 Å². The number of hydrogen-bond donors (Lipinski definition) is 0. The second-order valence-corrected chi connectivity index (χ2v) is 4.87. The van der Waals surface area contributed by atoms with Gasteiger partial charge in [0.05, 0.1) is 11.6 Å². The summed E-state index contributed by atoms with van der Waals surface area (Å²) in [5, 5.41) is 0.961. The summed E-state index contributed by atoms with van der Waals surface area (Å²) < 4.78 is 5.74. The highest BCUT2D eigenvalue weighted by Gasteiger charge is 2.09. The molecule has 0 unspecified atom stereocenters. The Labute approximate surface area is 108 Å². The summed E-state index contributed by atoms with van der Waals surface area (Å²) in [5.74, 6) is 1.27. The third kappa shape index (κ3) is 2.04. The third-order valence-electron chi connectivity index (χ3n) is 2.54. The summed E-state index contributed by atoms with van der Waals surface area (Å²) in [4.78, 5) is 14.7. The van der Waals surface area contributed by atoms with E-state index in [2.05, 4.69) is 27.9 Å². The van der Waals surface area contributed by atoms with E-state index in [1.807, 2.05) is 12.1 Å². The molecule has 0 aliphatic heterocycles. The van der Waals surface area contributed by atoms with E-state index in [0.29, 0.717) is 11.6 Å². The minimum Gasteiger partial charge on any atom is -0.437 e. The molecule has 4 nitrogen and oxygen atoms in total. The summed E-state index contributed by atoms with van der Waals surface area (Å²) in [6.07, 6.45) is 5.90. The van der Waals surface area contributed by atoms with Gasteiger partial charge >= 0.3 is 0 Å². The Hall–Kier alpha value is -2.01. The van der Waals surface area contributed by atoms with Crippen LogP contribution >= 0.6 is 11.3 Å². The maximum absolute atomic E-state index is 5.74. The fraction of sp³-hybridized carbons (Fsp3) is 0.154. The molecule has 0 bridgehead atoms. The molecule has 0 saturated carbocycles. The molecule has 18 heavy (non-hydrogen) atoms. The van der Waals surface area contributed by atoms with Gasteiger partial charge < -0.3 is 4.74 Å². The Kier molecular flexibility index (Phi) is 2.90. The summed E-state index contributed by atoms with van der Waals surface area (Å²) in [7, 11) is 0. The van der Waals surface area contributed by atoms with Gasteiger partial charge in [0, 0.05) is 11.1 Å². The molecule has 0 atom stereocenters. The van der Waals surface area contributed by atoms with Crippen molar-refractivity contribution < 1.29 is 4.74 Å². The number of aromatic nitrogens is 3. The van der Waals surface area contributed by atoms with Crippen LogP contribution in [0.2, 0.25) is 0 Å². The van der Waals surface area contributed by atoms with Gasteiger partial charge in [0.15, 0.2) is 0 Å². The highest BCUT2D eigenvalue weighted by atomic mass is 32.1. The quantitative estimate of drug-likeness (QED) is 0.721. The monoisotopic (exact) mass is 257 g/mol. The van der Waals surface area contributed by atoms with Crippen LogP contribution in [0.25, 0.3) is 10.2 Å². The number of nitrogens with zero attached hydrogens (tertiary/aromatic N) is 3. The molecule has 0 aromatic carbocycles. The molecule has 0 N–H and O–H groups in total. The van der Waals surface area contributed by atoms with Gasteiger partial charge in [-0.3, -0.25) is 4.98 Å². The number of thiophene rings is 1. The molecule has 3 aromatic heterocycles. The molecule has 0 fully saturated rings. The van der Waals surface area contributed by atoms with Crippen molar-refractivity contribution in [3.8, 4) is 11.6 Å². The first-order valence-corrected chi connectivity index (χ1v) is 6.50. The summed E-state index contributed by atoms with van der Waals surface area (Å²) in [5.41, 5.74) is 0. The molecule has 90 valence electrons. The molecular weight excluding hydrogens is 246 g/mol. The predicted octanol–water partition coefficient (Wildman–Crippen LogP) is 3.44.